The SMILES string of the molecule is Cc1cc([C@H]2[C@@H](c3ccccn3)NC(=S)N2c2ccc(N(C)C)cc2)c(C)n1-c1cccc2ccccc12. The summed E-state index contributed by atoms with van der Waals surface area (Å²) < 4.78 is 2.38. The Labute approximate surface area is 229 Å². The van der Waals surface area contributed by atoms with Crippen molar-refractivity contribution in [2.24, 2.45) is 0 Å². The number of aromatic nitrogens is 2. The van der Waals surface area contributed by atoms with E-state index in [9.17, 15) is 0 Å². The molecule has 5 aromatic rings. The molecule has 3 aromatic carbocycles. The number of pyridine rings is 1. The van der Waals surface area contributed by atoms with Gasteiger partial charge in [-0.25, -0.2) is 0 Å². The minimum atomic E-state index is -0.0845. The second-order valence-electron chi connectivity index (χ2n) is 10.1. The molecular weight excluding hydrogens is 486 g/mol. The van der Waals surface area contributed by atoms with Gasteiger partial charge < -0.3 is 19.7 Å². The molecule has 1 fully saturated rings. The largest absolute Gasteiger partial charge is 0.378 e. The minimum Gasteiger partial charge on any atom is -0.378 e. The lowest BCUT2D eigenvalue weighted by Gasteiger charge is -2.28. The monoisotopic (exact) mass is 517 g/mol. The third-order valence-corrected chi connectivity index (χ3v) is 7.85. The summed E-state index contributed by atoms with van der Waals surface area (Å²) in [5, 5.41) is 6.78. The third kappa shape index (κ3) is 4.02. The summed E-state index contributed by atoms with van der Waals surface area (Å²) in [6.45, 7) is 4.40. The molecule has 0 bridgehead atoms. The van der Waals surface area contributed by atoms with E-state index in [2.05, 4.69) is 126 Å². The van der Waals surface area contributed by atoms with Crippen LogP contribution in [0.4, 0.5) is 11.4 Å². The molecular formula is C32H31N5S. The van der Waals surface area contributed by atoms with Crippen LogP contribution < -0.4 is 15.1 Å². The van der Waals surface area contributed by atoms with Gasteiger partial charge in [-0.05, 0) is 85.5 Å². The van der Waals surface area contributed by atoms with Crippen molar-refractivity contribution in [1.82, 2.24) is 14.9 Å². The van der Waals surface area contributed by atoms with Gasteiger partial charge in [-0.2, -0.15) is 0 Å². The first-order chi connectivity index (χ1) is 18.4. The molecule has 1 aliphatic rings. The zero-order chi connectivity index (χ0) is 26.4. The molecule has 2 atom stereocenters. The number of anilines is 2. The van der Waals surface area contributed by atoms with Gasteiger partial charge in [-0.15, -0.1) is 0 Å². The van der Waals surface area contributed by atoms with Gasteiger partial charge in [-0.1, -0.05) is 42.5 Å². The Hall–Kier alpha value is -4.16. The number of nitrogens with one attached hydrogen (secondary N) is 1. The molecule has 0 spiro atoms. The highest BCUT2D eigenvalue weighted by Gasteiger charge is 2.42. The molecule has 190 valence electrons. The number of benzene rings is 3. The van der Waals surface area contributed by atoms with Crippen molar-refractivity contribution < 1.29 is 0 Å². The maximum atomic E-state index is 5.97. The van der Waals surface area contributed by atoms with E-state index in [-0.39, 0.29) is 12.1 Å². The average Bonchev–Trinajstić information content (AvgIpc) is 3.43. The van der Waals surface area contributed by atoms with E-state index >= 15 is 0 Å². The first-order valence-electron chi connectivity index (χ1n) is 12.9. The second kappa shape index (κ2) is 9.62. The summed E-state index contributed by atoms with van der Waals surface area (Å²) in [5.74, 6) is 0. The highest BCUT2D eigenvalue weighted by atomic mass is 32.1. The topological polar surface area (TPSA) is 36.3 Å². The van der Waals surface area contributed by atoms with Crippen LogP contribution in [-0.4, -0.2) is 28.8 Å². The lowest BCUT2D eigenvalue weighted by atomic mass is 9.96. The molecule has 0 unspecified atom stereocenters. The summed E-state index contributed by atoms with van der Waals surface area (Å²) in [4.78, 5) is 9.09. The molecule has 0 saturated carbocycles. The molecule has 5 nitrogen and oxygen atoms in total. The number of hydrogen-bond donors (Lipinski definition) is 1. The predicted octanol–water partition coefficient (Wildman–Crippen LogP) is 6.89. The standard InChI is InChI=1S/C32H31N5S/c1-21-20-27(22(2)36(21)29-14-9-11-23-10-5-6-12-26(23)29)31-30(28-13-7-8-19-33-28)34-32(38)37(31)25-17-15-24(16-18-25)35(3)4/h5-20,30-31H,1-4H3,(H,34,38)/t30-,31+/m1/s1. The van der Waals surface area contributed by atoms with Gasteiger partial charge in [0.1, 0.15) is 0 Å². The van der Waals surface area contributed by atoms with Crippen LogP contribution in [0, 0.1) is 13.8 Å². The second-order valence-corrected chi connectivity index (χ2v) is 10.5. The van der Waals surface area contributed by atoms with Crippen LogP contribution in [0.5, 0.6) is 0 Å². The van der Waals surface area contributed by atoms with Crippen molar-refractivity contribution in [3.05, 3.63) is 120 Å². The van der Waals surface area contributed by atoms with E-state index in [4.69, 9.17) is 17.2 Å². The fraction of sp³-hybridized carbons (Fsp3) is 0.188. The van der Waals surface area contributed by atoms with Crippen LogP contribution in [-0.2, 0) is 0 Å². The Morgan fingerprint density at radius 1 is 0.868 bits per heavy atom. The van der Waals surface area contributed by atoms with Gasteiger partial charge in [0.25, 0.3) is 0 Å². The van der Waals surface area contributed by atoms with Gasteiger partial charge in [-0.3, -0.25) is 4.98 Å². The Balaban J connectivity index is 1.52. The number of thiocarbonyl (C=S) groups is 1. The Morgan fingerprint density at radius 2 is 1.61 bits per heavy atom. The van der Waals surface area contributed by atoms with E-state index in [1.54, 1.807) is 0 Å². The van der Waals surface area contributed by atoms with E-state index in [0.29, 0.717) is 5.11 Å². The number of hydrogen-bond acceptors (Lipinski definition) is 3. The maximum absolute atomic E-state index is 5.97. The van der Waals surface area contributed by atoms with Gasteiger partial charge in [0, 0.05) is 48.4 Å². The van der Waals surface area contributed by atoms with Crippen molar-refractivity contribution in [1.29, 1.82) is 0 Å². The lowest BCUT2D eigenvalue weighted by molar-refractivity contribution is 0.565. The van der Waals surface area contributed by atoms with Crippen LogP contribution in [0.15, 0.2) is 97.2 Å². The van der Waals surface area contributed by atoms with E-state index in [1.165, 1.54) is 33.4 Å². The minimum absolute atomic E-state index is 0.0578. The van der Waals surface area contributed by atoms with Crippen LogP contribution in [0.3, 0.4) is 0 Å². The summed E-state index contributed by atoms with van der Waals surface area (Å²) in [6.07, 6.45) is 1.85. The molecule has 3 heterocycles. The summed E-state index contributed by atoms with van der Waals surface area (Å²) in [6, 6.07) is 31.9. The van der Waals surface area contributed by atoms with Crippen LogP contribution in [0.2, 0.25) is 0 Å². The molecule has 6 heteroatoms. The lowest BCUT2D eigenvalue weighted by Crippen LogP contribution is -2.29. The molecule has 1 N–H and O–H groups in total. The number of rotatable bonds is 5. The average molecular weight is 518 g/mol. The number of aryl methyl sites for hydroxylation is 1. The van der Waals surface area contributed by atoms with Gasteiger partial charge in [0.2, 0.25) is 0 Å². The van der Waals surface area contributed by atoms with E-state index in [1.807, 2.05) is 18.3 Å². The molecule has 38 heavy (non-hydrogen) atoms. The van der Waals surface area contributed by atoms with E-state index in [0.717, 1.165) is 17.1 Å². The highest BCUT2D eigenvalue weighted by Crippen LogP contribution is 2.44. The Kier molecular flexibility index (Phi) is 6.12. The van der Waals surface area contributed by atoms with Crippen molar-refractivity contribution in [2.75, 3.05) is 23.9 Å². The third-order valence-electron chi connectivity index (χ3n) is 7.54. The van der Waals surface area contributed by atoms with Crippen LogP contribution >= 0.6 is 12.2 Å². The summed E-state index contributed by atoms with van der Waals surface area (Å²) in [5.41, 5.74) is 8.00. The van der Waals surface area contributed by atoms with Crippen molar-refractivity contribution >= 4 is 39.5 Å². The molecule has 2 aromatic heterocycles. The molecule has 0 amide bonds. The first-order valence-corrected chi connectivity index (χ1v) is 13.3. The van der Waals surface area contributed by atoms with Crippen LogP contribution in [0.1, 0.15) is 34.7 Å². The van der Waals surface area contributed by atoms with Gasteiger partial charge in [0.15, 0.2) is 5.11 Å². The van der Waals surface area contributed by atoms with Crippen molar-refractivity contribution in [3.63, 3.8) is 0 Å². The summed E-state index contributed by atoms with van der Waals surface area (Å²) >= 11 is 5.97. The van der Waals surface area contributed by atoms with Gasteiger partial charge >= 0.3 is 0 Å². The molecule has 0 aliphatic carbocycles. The highest BCUT2D eigenvalue weighted by molar-refractivity contribution is 7.80. The number of fused-ring (bicyclic) bond motifs is 1. The fourth-order valence-electron chi connectivity index (χ4n) is 5.72. The van der Waals surface area contributed by atoms with Gasteiger partial charge in [0.05, 0.1) is 23.5 Å². The molecule has 1 aliphatic heterocycles. The zero-order valence-electron chi connectivity index (χ0n) is 22.1. The smallest absolute Gasteiger partial charge is 0.174 e. The van der Waals surface area contributed by atoms with Crippen molar-refractivity contribution in [3.8, 4) is 5.69 Å². The fourth-order valence-corrected chi connectivity index (χ4v) is 6.07. The van der Waals surface area contributed by atoms with Crippen molar-refractivity contribution in [2.45, 2.75) is 25.9 Å². The van der Waals surface area contributed by atoms with E-state index < -0.39 is 0 Å². The molecule has 0 radical (unpaired) electrons. The zero-order valence-corrected chi connectivity index (χ0v) is 22.9. The Bertz CT molecular complexity index is 1620. The summed E-state index contributed by atoms with van der Waals surface area (Å²) in [7, 11) is 4.11. The van der Waals surface area contributed by atoms with Crippen LogP contribution in [0.25, 0.3) is 16.5 Å². The first kappa shape index (κ1) is 24.2. The molecule has 6 rings (SSSR count). The molecule has 1 saturated heterocycles. The number of nitrogens with zero attached hydrogens (tertiary/aromatic N) is 4. The maximum Gasteiger partial charge on any atom is 0.174 e. The predicted molar refractivity (Wildman–Crippen MR) is 161 cm³/mol. The Morgan fingerprint density at radius 3 is 2.34 bits per heavy atom. The normalized spacial score (nSPS) is 17.2. The quantitative estimate of drug-likeness (QED) is 0.257.